The van der Waals surface area contributed by atoms with Crippen LogP contribution < -0.4 is 0 Å². The molecule has 1 atom stereocenters. The molecule has 100 valence electrons. The minimum absolute atomic E-state index is 0.0786. The van der Waals surface area contributed by atoms with Crippen molar-refractivity contribution in [3.63, 3.8) is 0 Å². The third kappa shape index (κ3) is 2.46. The fourth-order valence-corrected chi connectivity index (χ4v) is 2.05. The van der Waals surface area contributed by atoms with Gasteiger partial charge < -0.3 is 5.11 Å². The topological polar surface area (TPSA) is 20.2 Å². The van der Waals surface area contributed by atoms with Crippen molar-refractivity contribution in [1.29, 1.82) is 0 Å². The predicted molar refractivity (Wildman–Crippen MR) is 66.6 cm³/mol. The molecule has 0 saturated carbocycles. The molecule has 0 spiro atoms. The maximum atomic E-state index is 13.9. The van der Waals surface area contributed by atoms with Crippen LogP contribution in [0, 0.1) is 24.4 Å². The molecule has 0 aliphatic carbocycles. The third-order valence-corrected chi connectivity index (χ3v) is 3.27. The van der Waals surface area contributed by atoms with Crippen molar-refractivity contribution in [2.45, 2.75) is 13.0 Å². The second-order valence-corrected chi connectivity index (χ2v) is 4.52. The van der Waals surface area contributed by atoms with E-state index >= 15 is 0 Å². The SMILES string of the molecule is Cc1ccc(F)c(C(O)c2cccc(F)c2Cl)c1F. The van der Waals surface area contributed by atoms with Crippen LogP contribution in [0.1, 0.15) is 22.8 Å². The number of aryl methyl sites for hydroxylation is 1. The first-order chi connectivity index (χ1) is 8.93. The Labute approximate surface area is 113 Å². The van der Waals surface area contributed by atoms with Crippen molar-refractivity contribution in [1.82, 2.24) is 0 Å². The molecule has 0 fully saturated rings. The van der Waals surface area contributed by atoms with Gasteiger partial charge in [-0.1, -0.05) is 29.8 Å². The van der Waals surface area contributed by atoms with Crippen molar-refractivity contribution in [2.75, 3.05) is 0 Å². The Hall–Kier alpha value is -1.52. The first-order valence-electron chi connectivity index (χ1n) is 5.50. The monoisotopic (exact) mass is 286 g/mol. The lowest BCUT2D eigenvalue weighted by Gasteiger charge is -2.16. The van der Waals surface area contributed by atoms with Crippen LogP contribution in [0.2, 0.25) is 5.02 Å². The molecule has 0 aromatic heterocycles. The predicted octanol–water partition coefficient (Wildman–Crippen LogP) is 4.15. The molecular formula is C14H10ClF3O. The minimum Gasteiger partial charge on any atom is -0.383 e. The van der Waals surface area contributed by atoms with Gasteiger partial charge in [-0.2, -0.15) is 0 Å². The number of hydrogen-bond donors (Lipinski definition) is 1. The first kappa shape index (κ1) is 13.9. The van der Waals surface area contributed by atoms with Crippen molar-refractivity contribution >= 4 is 11.6 Å². The van der Waals surface area contributed by atoms with E-state index in [2.05, 4.69) is 0 Å². The highest BCUT2D eigenvalue weighted by atomic mass is 35.5. The second kappa shape index (κ2) is 5.23. The molecule has 2 rings (SSSR count). The maximum Gasteiger partial charge on any atom is 0.142 e. The second-order valence-electron chi connectivity index (χ2n) is 4.14. The number of benzene rings is 2. The summed E-state index contributed by atoms with van der Waals surface area (Å²) < 4.78 is 40.9. The molecule has 2 aromatic rings. The number of rotatable bonds is 2. The Balaban J connectivity index is 2.59. The Morgan fingerprint density at radius 3 is 2.42 bits per heavy atom. The van der Waals surface area contributed by atoms with E-state index in [1.807, 2.05) is 0 Å². The van der Waals surface area contributed by atoms with E-state index in [1.54, 1.807) is 0 Å². The Morgan fingerprint density at radius 1 is 1.05 bits per heavy atom. The molecule has 0 aliphatic heterocycles. The van der Waals surface area contributed by atoms with Crippen molar-refractivity contribution < 1.29 is 18.3 Å². The summed E-state index contributed by atoms with van der Waals surface area (Å²) in [5.41, 5.74) is -0.430. The average molecular weight is 287 g/mol. The Bertz CT molecular complexity index is 628. The zero-order chi connectivity index (χ0) is 14.2. The molecule has 2 aromatic carbocycles. The van der Waals surface area contributed by atoms with Crippen LogP contribution in [0.5, 0.6) is 0 Å². The highest BCUT2D eigenvalue weighted by Crippen LogP contribution is 2.33. The Morgan fingerprint density at radius 2 is 1.74 bits per heavy atom. The van der Waals surface area contributed by atoms with E-state index in [9.17, 15) is 18.3 Å². The van der Waals surface area contributed by atoms with Gasteiger partial charge in [0.15, 0.2) is 0 Å². The molecule has 0 saturated heterocycles. The first-order valence-corrected chi connectivity index (χ1v) is 5.87. The highest BCUT2D eigenvalue weighted by Gasteiger charge is 2.23. The fourth-order valence-electron chi connectivity index (χ4n) is 1.82. The molecule has 0 radical (unpaired) electrons. The number of halogens is 4. The molecule has 1 nitrogen and oxygen atoms in total. The standard InChI is InChI=1S/C14H10ClF3O/c1-7-5-6-9(16)11(13(7)18)14(19)8-3-2-4-10(17)12(8)15/h2-6,14,19H,1H3. The molecule has 5 heteroatoms. The lowest BCUT2D eigenvalue weighted by atomic mass is 9.98. The number of aliphatic hydroxyl groups excluding tert-OH is 1. The van der Waals surface area contributed by atoms with Crippen molar-refractivity contribution in [2.24, 2.45) is 0 Å². The Kier molecular flexibility index (Phi) is 3.83. The smallest absolute Gasteiger partial charge is 0.142 e. The van der Waals surface area contributed by atoms with Gasteiger partial charge in [-0.25, -0.2) is 13.2 Å². The third-order valence-electron chi connectivity index (χ3n) is 2.87. The van der Waals surface area contributed by atoms with E-state index in [4.69, 9.17) is 11.6 Å². The average Bonchev–Trinajstić information content (AvgIpc) is 2.37. The zero-order valence-electron chi connectivity index (χ0n) is 9.92. The quantitative estimate of drug-likeness (QED) is 0.879. The lowest BCUT2D eigenvalue weighted by Crippen LogP contribution is -2.08. The van der Waals surface area contributed by atoms with Gasteiger partial charge in [0.25, 0.3) is 0 Å². The van der Waals surface area contributed by atoms with Crippen LogP contribution in [0.25, 0.3) is 0 Å². The van der Waals surface area contributed by atoms with Crippen molar-refractivity contribution in [3.8, 4) is 0 Å². The van der Waals surface area contributed by atoms with E-state index in [-0.39, 0.29) is 16.1 Å². The van der Waals surface area contributed by atoms with Crippen LogP contribution in [0.15, 0.2) is 30.3 Å². The van der Waals surface area contributed by atoms with Gasteiger partial charge in [-0.3, -0.25) is 0 Å². The number of aliphatic hydroxyl groups is 1. The molecule has 1 N–H and O–H groups in total. The maximum absolute atomic E-state index is 13.9. The molecular weight excluding hydrogens is 277 g/mol. The summed E-state index contributed by atoms with van der Waals surface area (Å²) in [4.78, 5) is 0. The normalized spacial score (nSPS) is 12.5. The van der Waals surface area contributed by atoms with Gasteiger partial charge >= 0.3 is 0 Å². The van der Waals surface area contributed by atoms with Crippen LogP contribution >= 0.6 is 11.6 Å². The summed E-state index contributed by atoms with van der Waals surface area (Å²) in [6, 6.07) is 6.03. The van der Waals surface area contributed by atoms with Gasteiger partial charge in [-0.05, 0) is 24.6 Å². The van der Waals surface area contributed by atoms with Gasteiger partial charge in [0.05, 0.1) is 10.6 Å². The molecule has 0 amide bonds. The largest absolute Gasteiger partial charge is 0.383 e. The minimum atomic E-state index is -1.66. The van der Waals surface area contributed by atoms with Crippen LogP contribution in [0.4, 0.5) is 13.2 Å². The van der Waals surface area contributed by atoms with E-state index in [0.29, 0.717) is 0 Å². The summed E-state index contributed by atoms with van der Waals surface area (Å²) in [7, 11) is 0. The summed E-state index contributed by atoms with van der Waals surface area (Å²) in [5, 5.41) is 9.70. The summed E-state index contributed by atoms with van der Waals surface area (Å²) in [6.07, 6.45) is -1.66. The molecule has 0 aliphatic rings. The van der Waals surface area contributed by atoms with Gasteiger partial charge in [0.1, 0.15) is 23.6 Å². The molecule has 0 bridgehead atoms. The van der Waals surface area contributed by atoms with E-state index in [0.717, 1.165) is 12.1 Å². The number of hydrogen-bond acceptors (Lipinski definition) is 1. The summed E-state index contributed by atoms with van der Waals surface area (Å²) >= 11 is 5.70. The van der Waals surface area contributed by atoms with Crippen LogP contribution in [-0.2, 0) is 0 Å². The highest BCUT2D eigenvalue weighted by molar-refractivity contribution is 6.31. The van der Waals surface area contributed by atoms with Crippen LogP contribution in [0.3, 0.4) is 0 Å². The van der Waals surface area contributed by atoms with Gasteiger partial charge in [-0.15, -0.1) is 0 Å². The summed E-state index contributed by atoms with van der Waals surface area (Å²) in [5.74, 6) is -2.53. The van der Waals surface area contributed by atoms with E-state index < -0.39 is 29.1 Å². The molecule has 1 unspecified atom stereocenters. The molecule has 19 heavy (non-hydrogen) atoms. The van der Waals surface area contributed by atoms with Gasteiger partial charge in [0, 0.05) is 5.56 Å². The summed E-state index contributed by atoms with van der Waals surface area (Å²) in [6.45, 7) is 1.44. The fraction of sp³-hybridized carbons (Fsp3) is 0.143. The molecule has 0 heterocycles. The lowest BCUT2D eigenvalue weighted by molar-refractivity contribution is 0.208. The van der Waals surface area contributed by atoms with Crippen LogP contribution in [-0.4, -0.2) is 5.11 Å². The van der Waals surface area contributed by atoms with E-state index in [1.165, 1.54) is 25.1 Å². The van der Waals surface area contributed by atoms with Crippen molar-refractivity contribution in [3.05, 3.63) is 69.5 Å². The zero-order valence-corrected chi connectivity index (χ0v) is 10.7. The van der Waals surface area contributed by atoms with Gasteiger partial charge in [0.2, 0.25) is 0 Å².